The molecule has 0 spiro atoms. The summed E-state index contributed by atoms with van der Waals surface area (Å²) in [6.45, 7) is 5.67. The lowest BCUT2D eigenvalue weighted by Gasteiger charge is -2.18. The summed E-state index contributed by atoms with van der Waals surface area (Å²) in [7, 11) is -3.31. The number of rotatable bonds is 9. The zero-order valence-corrected chi connectivity index (χ0v) is 14.1. The lowest BCUT2D eigenvalue weighted by molar-refractivity contribution is -0.133. The van der Waals surface area contributed by atoms with Gasteiger partial charge in [0.15, 0.2) is 16.1 Å². The Kier molecular flexibility index (Phi) is 7.62. The first-order valence-electron chi connectivity index (χ1n) is 6.81. The molecule has 0 fully saturated rings. The van der Waals surface area contributed by atoms with Crippen molar-refractivity contribution < 1.29 is 17.9 Å². The van der Waals surface area contributed by atoms with Crippen molar-refractivity contribution in [2.45, 2.75) is 31.6 Å². The number of halogens is 1. The predicted octanol–water partition coefficient (Wildman–Crippen LogP) is 2.23. The molecule has 1 aromatic carbocycles. The van der Waals surface area contributed by atoms with Gasteiger partial charge in [-0.2, -0.15) is 0 Å². The van der Waals surface area contributed by atoms with Crippen molar-refractivity contribution in [3.05, 3.63) is 28.8 Å². The molecule has 0 atom stereocenters. The molecule has 0 saturated carbocycles. The standard InChI is InChI=1S/C14H22ClNO4S/c1-4-19-14(20-5-2)10-16-9-11-12(15)7-6-8-13(11)21(3,17)18/h6-8,14,16H,4-5,9-10H2,1-3H3. The quantitative estimate of drug-likeness (QED) is 0.701. The van der Waals surface area contributed by atoms with Gasteiger partial charge in [-0.25, -0.2) is 8.42 Å². The third kappa shape index (κ3) is 5.92. The molecule has 5 nitrogen and oxygen atoms in total. The van der Waals surface area contributed by atoms with E-state index in [4.69, 9.17) is 21.1 Å². The molecule has 0 aliphatic carbocycles. The van der Waals surface area contributed by atoms with Crippen LogP contribution in [0.15, 0.2) is 23.1 Å². The molecular formula is C14H22ClNO4S. The van der Waals surface area contributed by atoms with E-state index < -0.39 is 9.84 Å². The van der Waals surface area contributed by atoms with Crippen molar-refractivity contribution in [1.82, 2.24) is 5.32 Å². The SMILES string of the molecule is CCOC(CNCc1c(Cl)cccc1S(C)(=O)=O)OCC. The molecule has 0 aliphatic heterocycles. The van der Waals surface area contributed by atoms with Crippen molar-refractivity contribution in [3.8, 4) is 0 Å². The molecule has 0 aliphatic rings. The van der Waals surface area contributed by atoms with Crippen LogP contribution in [0.4, 0.5) is 0 Å². The number of sulfone groups is 1. The third-order valence-electron chi connectivity index (χ3n) is 2.79. The average molecular weight is 336 g/mol. The van der Waals surface area contributed by atoms with Crippen LogP contribution in [0, 0.1) is 0 Å². The topological polar surface area (TPSA) is 64.6 Å². The van der Waals surface area contributed by atoms with E-state index in [1.165, 1.54) is 6.26 Å². The highest BCUT2D eigenvalue weighted by molar-refractivity contribution is 7.90. The van der Waals surface area contributed by atoms with Gasteiger partial charge in [0.05, 0.1) is 4.90 Å². The first-order chi connectivity index (χ1) is 9.90. The second kappa shape index (κ2) is 8.70. The molecule has 0 heterocycles. The Bertz CT molecular complexity index is 542. The summed E-state index contributed by atoms with van der Waals surface area (Å²) in [4.78, 5) is 0.242. The molecule has 0 amide bonds. The summed E-state index contributed by atoms with van der Waals surface area (Å²) in [5, 5.41) is 3.55. The van der Waals surface area contributed by atoms with Gasteiger partial charge in [0.25, 0.3) is 0 Å². The maximum Gasteiger partial charge on any atom is 0.175 e. The van der Waals surface area contributed by atoms with Crippen LogP contribution in [-0.2, 0) is 25.9 Å². The predicted molar refractivity (Wildman–Crippen MR) is 83.3 cm³/mol. The van der Waals surface area contributed by atoms with E-state index in [0.29, 0.717) is 36.9 Å². The van der Waals surface area contributed by atoms with Gasteiger partial charge in [-0.15, -0.1) is 0 Å². The molecule has 1 N–H and O–H groups in total. The lowest BCUT2D eigenvalue weighted by Crippen LogP contribution is -2.31. The van der Waals surface area contributed by atoms with E-state index in [-0.39, 0.29) is 11.2 Å². The van der Waals surface area contributed by atoms with Gasteiger partial charge in [0.1, 0.15) is 0 Å². The van der Waals surface area contributed by atoms with Crippen molar-refractivity contribution in [3.63, 3.8) is 0 Å². The second-order valence-electron chi connectivity index (χ2n) is 4.46. The highest BCUT2D eigenvalue weighted by Gasteiger charge is 2.16. The molecule has 21 heavy (non-hydrogen) atoms. The van der Waals surface area contributed by atoms with E-state index in [1.54, 1.807) is 18.2 Å². The number of hydrogen-bond donors (Lipinski definition) is 1. The van der Waals surface area contributed by atoms with E-state index in [2.05, 4.69) is 5.32 Å². The normalized spacial score (nSPS) is 12.0. The van der Waals surface area contributed by atoms with Crippen LogP contribution in [0.1, 0.15) is 19.4 Å². The molecule has 1 aromatic rings. The minimum Gasteiger partial charge on any atom is -0.352 e. The van der Waals surface area contributed by atoms with E-state index in [0.717, 1.165) is 0 Å². The first kappa shape index (κ1) is 18.4. The van der Waals surface area contributed by atoms with Crippen LogP contribution in [-0.4, -0.2) is 40.7 Å². The van der Waals surface area contributed by atoms with Crippen molar-refractivity contribution in [2.24, 2.45) is 0 Å². The molecular weight excluding hydrogens is 314 g/mol. The Morgan fingerprint density at radius 3 is 2.38 bits per heavy atom. The van der Waals surface area contributed by atoms with Gasteiger partial charge in [-0.05, 0) is 26.0 Å². The van der Waals surface area contributed by atoms with Crippen molar-refractivity contribution >= 4 is 21.4 Å². The summed E-state index contributed by atoms with van der Waals surface area (Å²) in [5.41, 5.74) is 0.563. The van der Waals surface area contributed by atoms with Crippen LogP contribution in [0.25, 0.3) is 0 Å². The average Bonchev–Trinajstić information content (AvgIpc) is 2.39. The Hall–Kier alpha value is -0.660. The van der Waals surface area contributed by atoms with Crippen LogP contribution < -0.4 is 5.32 Å². The molecule has 0 radical (unpaired) electrons. The van der Waals surface area contributed by atoms with Crippen LogP contribution in [0.3, 0.4) is 0 Å². The Morgan fingerprint density at radius 2 is 1.86 bits per heavy atom. The molecule has 0 saturated heterocycles. The highest BCUT2D eigenvalue weighted by Crippen LogP contribution is 2.23. The van der Waals surface area contributed by atoms with Crippen LogP contribution >= 0.6 is 11.6 Å². The Balaban J connectivity index is 2.75. The number of ether oxygens (including phenoxy) is 2. The van der Waals surface area contributed by atoms with Gasteiger partial charge in [-0.3, -0.25) is 0 Å². The van der Waals surface area contributed by atoms with Crippen LogP contribution in [0.2, 0.25) is 5.02 Å². The molecule has 1 rings (SSSR count). The summed E-state index contributed by atoms with van der Waals surface area (Å²) in [6.07, 6.45) is 0.815. The maximum absolute atomic E-state index is 11.8. The largest absolute Gasteiger partial charge is 0.352 e. The Labute approximate surface area is 131 Å². The monoisotopic (exact) mass is 335 g/mol. The number of nitrogens with one attached hydrogen (secondary N) is 1. The van der Waals surface area contributed by atoms with E-state index in [9.17, 15) is 8.42 Å². The van der Waals surface area contributed by atoms with Crippen LogP contribution in [0.5, 0.6) is 0 Å². The highest BCUT2D eigenvalue weighted by atomic mass is 35.5. The molecule has 120 valence electrons. The minimum absolute atomic E-state index is 0.242. The summed E-state index contributed by atoms with van der Waals surface area (Å²) in [5.74, 6) is 0. The van der Waals surface area contributed by atoms with Gasteiger partial charge in [-0.1, -0.05) is 17.7 Å². The maximum atomic E-state index is 11.8. The summed E-state index contributed by atoms with van der Waals surface area (Å²) in [6, 6.07) is 4.86. The summed E-state index contributed by atoms with van der Waals surface area (Å²) >= 11 is 6.11. The fourth-order valence-electron chi connectivity index (χ4n) is 1.91. The van der Waals surface area contributed by atoms with Gasteiger partial charge in [0.2, 0.25) is 0 Å². The third-order valence-corrected chi connectivity index (χ3v) is 4.33. The minimum atomic E-state index is -3.31. The zero-order chi connectivity index (χ0) is 15.9. The zero-order valence-electron chi connectivity index (χ0n) is 12.6. The molecule has 0 unspecified atom stereocenters. The number of hydrogen-bond acceptors (Lipinski definition) is 5. The Morgan fingerprint density at radius 1 is 1.24 bits per heavy atom. The lowest BCUT2D eigenvalue weighted by atomic mass is 10.2. The van der Waals surface area contributed by atoms with Gasteiger partial charge < -0.3 is 14.8 Å². The fourth-order valence-corrected chi connectivity index (χ4v) is 3.16. The fraction of sp³-hybridized carbons (Fsp3) is 0.571. The number of benzene rings is 1. The molecule has 7 heteroatoms. The van der Waals surface area contributed by atoms with E-state index >= 15 is 0 Å². The van der Waals surface area contributed by atoms with Gasteiger partial charge >= 0.3 is 0 Å². The summed E-state index contributed by atoms with van der Waals surface area (Å²) < 4.78 is 34.4. The molecule has 0 bridgehead atoms. The first-order valence-corrected chi connectivity index (χ1v) is 9.08. The van der Waals surface area contributed by atoms with E-state index in [1.807, 2.05) is 13.8 Å². The van der Waals surface area contributed by atoms with Crippen molar-refractivity contribution in [2.75, 3.05) is 26.0 Å². The smallest absolute Gasteiger partial charge is 0.175 e. The van der Waals surface area contributed by atoms with Crippen molar-refractivity contribution in [1.29, 1.82) is 0 Å². The van der Waals surface area contributed by atoms with Gasteiger partial charge in [0, 0.05) is 43.1 Å². The molecule has 0 aromatic heterocycles. The second-order valence-corrected chi connectivity index (χ2v) is 6.85.